The number of nitrogens with one attached hydrogen (secondary N) is 2. The van der Waals surface area contributed by atoms with Crippen molar-refractivity contribution in [1.29, 1.82) is 0 Å². The van der Waals surface area contributed by atoms with Gasteiger partial charge in [-0.3, -0.25) is 4.79 Å². The van der Waals surface area contributed by atoms with E-state index in [1.807, 2.05) is 42.6 Å². The van der Waals surface area contributed by atoms with E-state index in [1.165, 1.54) is 0 Å². The number of hydrogen-bond donors (Lipinski definition) is 2. The summed E-state index contributed by atoms with van der Waals surface area (Å²) in [5, 5.41) is 8.10. The third-order valence-electron chi connectivity index (χ3n) is 3.34. The first-order valence-electron chi connectivity index (χ1n) is 7.18. The normalized spacial score (nSPS) is 14.2. The van der Waals surface area contributed by atoms with E-state index in [0.29, 0.717) is 25.5 Å². The summed E-state index contributed by atoms with van der Waals surface area (Å²) >= 11 is 1.63. The van der Waals surface area contributed by atoms with Crippen LogP contribution >= 0.6 is 11.3 Å². The fourth-order valence-corrected chi connectivity index (χ4v) is 2.83. The average molecular weight is 318 g/mol. The van der Waals surface area contributed by atoms with Gasteiger partial charge in [-0.1, -0.05) is 6.07 Å². The summed E-state index contributed by atoms with van der Waals surface area (Å²) in [6.45, 7) is 3.51. The van der Waals surface area contributed by atoms with Crippen LogP contribution in [0.25, 0.3) is 0 Å². The van der Waals surface area contributed by atoms with Gasteiger partial charge >= 0.3 is 0 Å². The van der Waals surface area contributed by atoms with Crippen LogP contribution in [-0.4, -0.2) is 25.2 Å². The maximum absolute atomic E-state index is 12.1. The topological polar surface area (TPSA) is 59.6 Å². The molecule has 0 saturated heterocycles. The van der Waals surface area contributed by atoms with Crippen molar-refractivity contribution >= 4 is 22.9 Å². The van der Waals surface area contributed by atoms with Gasteiger partial charge in [0.1, 0.15) is 19.3 Å². The number of fused-ring (bicyclic) bond motifs is 1. The van der Waals surface area contributed by atoms with Gasteiger partial charge in [-0.05, 0) is 30.5 Å². The molecule has 6 heteroatoms. The molecule has 1 aromatic carbocycles. The van der Waals surface area contributed by atoms with Crippen LogP contribution in [-0.2, 0) is 11.3 Å². The van der Waals surface area contributed by atoms with E-state index >= 15 is 0 Å². The highest BCUT2D eigenvalue weighted by molar-refractivity contribution is 7.09. The molecule has 2 N–H and O–H groups in total. The van der Waals surface area contributed by atoms with E-state index in [4.69, 9.17) is 9.47 Å². The number of ether oxygens (including phenoxy) is 2. The zero-order valence-electron chi connectivity index (χ0n) is 12.3. The van der Waals surface area contributed by atoms with Gasteiger partial charge in [0.25, 0.3) is 0 Å². The number of carbonyl (C=O) groups is 1. The number of rotatable bonds is 5. The standard InChI is InChI=1S/C16H18N2O3S/c1-11(16(19)17-10-13-3-2-8-22-13)18-12-4-5-14-15(9-12)21-7-6-20-14/h2-5,8-9,11,18H,6-7,10H2,1H3,(H,17,19)/t11-/m1/s1. The molecule has 0 saturated carbocycles. The molecule has 0 radical (unpaired) electrons. The predicted octanol–water partition coefficient (Wildman–Crippen LogP) is 2.64. The number of carbonyl (C=O) groups excluding carboxylic acids is 1. The minimum atomic E-state index is -0.331. The molecule has 116 valence electrons. The minimum absolute atomic E-state index is 0.0386. The van der Waals surface area contributed by atoms with Gasteiger partial charge in [0.05, 0.1) is 6.54 Å². The molecular formula is C16H18N2O3S. The smallest absolute Gasteiger partial charge is 0.242 e. The number of anilines is 1. The molecule has 1 atom stereocenters. The van der Waals surface area contributed by atoms with Crippen molar-refractivity contribution in [2.75, 3.05) is 18.5 Å². The van der Waals surface area contributed by atoms with E-state index in [1.54, 1.807) is 11.3 Å². The predicted molar refractivity (Wildman–Crippen MR) is 86.7 cm³/mol. The van der Waals surface area contributed by atoms with Gasteiger partial charge in [-0.25, -0.2) is 0 Å². The number of benzene rings is 1. The maximum atomic E-state index is 12.1. The molecule has 2 heterocycles. The highest BCUT2D eigenvalue weighted by Crippen LogP contribution is 2.32. The Balaban J connectivity index is 1.56. The van der Waals surface area contributed by atoms with Crippen LogP contribution < -0.4 is 20.1 Å². The van der Waals surface area contributed by atoms with Gasteiger partial charge < -0.3 is 20.1 Å². The van der Waals surface area contributed by atoms with Crippen molar-refractivity contribution in [3.63, 3.8) is 0 Å². The lowest BCUT2D eigenvalue weighted by atomic mass is 10.2. The van der Waals surface area contributed by atoms with Crippen molar-refractivity contribution in [1.82, 2.24) is 5.32 Å². The summed E-state index contributed by atoms with van der Waals surface area (Å²) in [6, 6.07) is 9.25. The van der Waals surface area contributed by atoms with Crippen LogP contribution in [0.3, 0.4) is 0 Å². The SMILES string of the molecule is C[C@@H](Nc1ccc2c(c1)OCCO2)C(=O)NCc1cccs1. The van der Waals surface area contributed by atoms with Crippen molar-refractivity contribution in [2.45, 2.75) is 19.5 Å². The second-order valence-corrected chi connectivity index (χ2v) is 6.05. The monoisotopic (exact) mass is 318 g/mol. The summed E-state index contributed by atoms with van der Waals surface area (Å²) < 4.78 is 11.0. The molecule has 3 rings (SSSR count). The molecule has 0 aliphatic carbocycles. The summed E-state index contributed by atoms with van der Waals surface area (Å²) in [5.41, 5.74) is 0.836. The molecule has 22 heavy (non-hydrogen) atoms. The quantitative estimate of drug-likeness (QED) is 0.890. The Morgan fingerprint density at radius 3 is 2.86 bits per heavy atom. The van der Waals surface area contributed by atoms with Gasteiger partial charge in [-0.2, -0.15) is 0 Å². The van der Waals surface area contributed by atoms with Crippen molar-refractivity contribution in [3.05, 3.63) is 40.6 Å². The van der Waals surface area contributed by atoms with Gasteiger partial charge in [0.2, 0.25) is 5.91 Å². The lowest BCUT2D eigenvalue weighted by Crippen LogP contribution is -2.37. The first kappa shape index (κ1) is 14.7. The van der Waals surface area contributed by atoms with E-state index < -0.39 is 0 Å². The fraction of sp³-hybridized carbons (Fsp3) is 0.312. The number of amides is 1. The van der Waals surface area contributed by atoms with Crippen molar-refractivity contribution in [2.24, 2.45) is 0 Å². The molecule has 1 aromatic heterocycles. The summed E-state index contributed by atoms with van der Waals surface area (Å²) in [7, 11) is 0. The lowest BCUT2D eigenvalue weighted by molar-refractivity contribution is -0.121. The molecule has 0 unspecified atom stereocenters. The van der Waals surface area contributed by atoms with E-state index in [2.05, 4.69) is 10.6 Å². The van der Waals surface area contributed by atoms with Crippen LogP contribution in [0.1, 0.15) is 11.8 Å². The molecule has 5 nitrogen and oxygen atoms in total. The third-order valence-corrected chi connectivity index (χ3v) is 4.21. The molecule has 1 aliphatic rings. The minimum Gasteiger partial charge on any atom is -0.486 e. The zero-order valence-corrected chi connectivity index (χ0v) is 13.1. The molecular weight excluding hydrogens is 300 g/mol. The van der Waals surface area contributed by atoms with E-state index in [0.717, 1.165) is 16.3 Å². The first-order valence-corrected chi connectivity index (χ1v) is 8.06. The Morgan fingerprint density at radius 1 is 1.27 bits per heavy atom. The summed E-state index contributed by atoms with van der Waals surface area (Å²) in [6.07, 6.45) is 0. The Kier molecular flexibility index (Phi) is 4.48. The average Bonchev–Trinajstić information content (AvgIpc) is 3.06. The molecule has 1 amide bonds. The van der Waals surface area contributed by atoms with Crippen LogP contribution in [0.4, 0.5) is 5.69 Å². The fourth-order valence-electron chi connectivity index (χ4n) is 2.19. The number of thiophene rings is 1. The van der Waals surface area contributed by atoms with E-state index in [-0.39, 0.29) is 11.9 Å². The lowest BCUT2D eigenvalue weighted by Gasteiger charge is -2.20. The first-order chi connectivity index (χ1) is 10.7. The van der Waals surface area contributed by atoms with Crippen LogP contribution in [0.5, 0.6) is 11.5 Å². The van der Waals surface area contributed by atoms with Crippen molar-refractivity contribution in [3.8, 4) is 11.5 Å². The maximum Gasteiger partial charge on any atom is 0.242 e. The zero-order chi connectivity index (χ0) is 15.4. The third kappa shape index (κ3) is 3.51. The number of hydrogen-bond acceptors (Lipinski definition) is 5. The Morgan fingerprint density at radius 2 is 2.09 bits per heavy atom. The summed E-state index contributed by atoms with van der Waals surface area (Å²) in [5.74, 6) is 1.41. The summed E-state index contributed by atoms with van der Waals surface area (Å²) in [4.78, 5) is 13.2. The van der Waals surface area contributed by atoms with Crippen molar-refractivity contribution < 1.29 is 14.3 Å². The largest absolute Gasteiger partial charge is 0.486 e. The molecule has 0 bridgehead atoms. The Bertz CT molecular complexity index is 643. The molecule has 0 spiro atoms. The van der Waals surface area contributed by atoms with Gasteiger partial charge in [-0.15, -0.1) is 11.3 Å². The molecule has 2 aromatic rings. The van der Waals surface area contributed by atoms with Crippen LogP contribution in [0, 0.1) is 0 Å². The Labute approximate surface area is 133 Å². The highest BCUT2D eigenvalue weighted by atomic mass is 32.1. The second-order valence-electron chi connectivity index (χ2n) is 5.02. The molecule has 0 fully saturated rings. The van der Waals surface area contributed by atoms with Crippen LogP contribution in [0.15, 0.2) is 35.7 Å². The van der Waals surface area contributed by atoms with Gasteiger partial charge in [0.15, 0.2) is 11.5 Å². The van der Waals surface area contributed by atoms with Gasteiger partial charge in [0, 0.05) is 16.6 Å². The highest BCUT2D eigenvalue weighted by Gasteiger charge is 2.15. The molecule has 1 aliphatic heterocycles. The Hall–Kier alpha value is -2.21. The van der Waals surface area contributed by atoms with Crippen LogP contribution in [0.2, 0.25) is 0 Å². The second kappa shape index (κ2) is 6.70. The van der Waals surface area contributed by atoms with E-state index in [9.17, 15) is 4.79 Å².